The van der Waals surface area contributed by atoms with Gasteiger partial charge in [0, 0.05) is 24.5 Å². The average molecular weight is 377 g/mol. The minimum absolute atomic E-state index is 0.312. The lowest BCUT2D eigenvalue weighted by molar-refractivity contribution is 0.497. The van der Waals surface area contributed by atoms with Crippen LogP contribution in [0.15, 0.2) is 52.4 Å². The molecule has 0 aromatic heterocycles. The van der Waals surface area contributed by atoms with Crippen LogP contribution in [0.3, 0.4) is 0 Å². The number of guanidine groups is 2. The van der Waals surface area contributed by atoms with E-state index in [-0.39, 0.29) is 6.29 Å². The standard InChI is InChI=1S/C22H28N6/c1-15-6-8-19(9-7-15)28-21(24-18-13-16(2)12-17(3)14-18)25-20(23)26-22(28)27-10-4-5-11-27/h6-9,12-14,21,24H,4-5,10-11H2,1-3H3,(H2,23,25). The first kappa shape index (κ1) is 18.3. The second kappa shape index (κ2) is 7.54. The molecule has 0 radical (unpaired) electrons. The summed E-state index contributed by atoms with van der Waals surface area (Å²) in [5, 5.41) is 3.56. The Balaban J connectivity index is 1.73. The Bertz CT molecular complexity index is 889. The SMILES string of the molecule is Cc1ccc(N2C(N3CCCC3)=NC(N)=NC2Nc2cc(C)cc(C)c2)cc1. The maximum Gasteiger partial charge on any atom is 0.222 e. The third kappa shape index (κ3) is 3.81. The molecule has 2 aliphatic rings. The fraction of sp³-hybridized carbons (Fsp3) is 0.364. The molecule has 1 unspecified atom stereocenters. The Morgan fingerprint density at radius 3 is 2.21 bits per heavy atom. The molecule has 0 saturated carbocycles. The smallest absolute Gasteiger partial charge is 0.222 e. The number of anilines is 2. The summed E-state index contributed by atoms with van der Waals surface area (Å²) in [6.07, 6.45) is 2.00. The predicted octanol–water partition coefficient (Wildman–Crippen LogP) is 3.59. The summed E-state index contributed by atoms with van der Waals surface area (Å²) in [5.74, 6) is 1.18. The highest BCUT2D eigenvalue weighted by Crippen LogP contribution is 2.26. The normalized spacial score (nSPS) is 19.5. The summed E-state index contributed by atoms with van der Waals surface area (Å²) in [7, 11) is 0. The molecule has 1 saturated heterocycles. The highest BCUT2D eigenvalue weighted by atomic mass is 15.5. The van der Waals surface area contributed by atoms with Gasteiger partial charge in [0.05, 0.1) is 0 Å². The Labute approximate surface area is 166 Å². The van der Waals surface area contributed by atoms with E-state index in [1.54, 1.807) is 0 Å². The molecule has 6 heteroatoms. The third-order valence-corrected chi connectivity index (χ3v) is 5.15. The van der Waals surface area contributed by atoms with Gasteiger partial charge in [-0.1, -0.05) is 23.8 Å². The molecule has 0 aliphatic carbocycles. The lowest BCUT2D eigenvalue weighted by Crippen LogP contribution is -2.54. The average Bonchev–Trinajstić information content (AvgIpc) is 3.16. The van der Waals surface area contributed by atoms with Crippen LogP contribution >= 0.6 is 0 Å². The van der Waals surface area contributed by atoms with E-state index in [2.05, 4.69) is 88.3 Å². The summed E-state index contributed by atoms with van der Waals surface area (Å²) in [6.45, 7) is 8.28. The Kier molecular flexibility index (Phi) is 4.94. The van der Waals surface area contributed by atoms with Gasteiger partial charge in [-0.2, -0.15) is 4.99 Å². The van der Waals surface area contributed by atoms with E-state index in [4.69, 9.17) is 5.73 Å². The molecule has 2 heterocycles. The first-order valence-electron chi connectivity index (χ1n) is 9.87. The molecule has 3 N–H and O–H groups in total. The fourth-order valence-electron chi connectivity index (χ4n) is 3.88. The number of nitrogens with one attached hydrogen (secondary N) is 1. The van der Waals surface area contributed by atoms with E-state index in [1.165, 1.54) is 29.5 Å². The topological polar surface area (TPSA) is 69.2 Å². The van der Waals surface area contributed by atoms with Gasteiger partial charge in [-0.15, -0.1) is 0 Å². The molecule has 146 valence electrons. The second-order valence-electron chi connectivity index (χ2n) is 7.69. The molecule has 28 heavy (non-hydrogen) atoms. The van der Waals surface area contributed by atoms with Crippen LogP contribution in [0.4, 0.5) is 11.4 Å². The van der Waals surface area contributed by atoms with Crippen LogP contribution in [0, 0.1) is 20.8 Å². The van der Waals surface area contributed by atoms with Crippen molar-refractivity contribution in [2.75, 3.05) is 23.3 Å². The van der Waals surface area contributed by atoms with Crippen LogP contribution in [0.2, 0.25) is 0 Å². The van der Waals surface area contributed by atoms with Crippen molar-refractivity contribution in [1.82, 2.24) is 4.90 Å². The molecular formula is C22H28N6. The van der Waals surface area contributed by atoms with Crippen LogP contribution in [-0.4, -0.2) is 36.2 Å². The zero-order valence-electron chi connectivity index (χ0n) is 16.8. The third-order valence-electron chi connectivity index (χ3n) is 5.15. The van der Waals surface area contributed by atoms with Gasteiger partial charge in [0.25, 0.3) is 0 Å². The molecule has 2 aliphatic heterocycles. The quantitative estimate of drug-likeness (QED) is 0.859. The number of hydrogen-bond donors (Lipinski definition) is 2. The van der Waals surface area contributed by atoms with Gasteiger partial charge in [0.1, 0.15) is 0 Å². The van der Waals surface area contributed by atoms with Crippen molar-refractivity contribution in [3.63, 3.8) is 0 Å². The van der Waals surface area contributed by atoms with Crippen LogP contribution in [-0.2, 0) is 0 Å². The van der Waals surface area contributed by atoms with Crippen LogP contribution in [0.1, 0.15) is 29.5 Å². The largest absolute Gasteiger partial charge is 0.368 e. The predicted molar refractivity (Wildman–Crippen MR) is 117 cm³/mol. The van der Waals surface area contributed by atoms with Crippen molar-refractivity contribution in [2.24, 2.45) is 15.7 Å². The Morgan fingerprint density at radius 1 is 0.929 bits per heavy atom. The van der Waals surface area contributed by atoms with Gasteiger partial charge in [-0.3, -0.25) is 4.90 Å². The molecule has 0 spiro atoms. The number of aliphatic imine (C=N–C) groups is 2. The number of rotatable bonds is 3. The molecule has 2 aromatic rings. The van der Waals surface area contributed by atoms with Crippen molar-refractivity contribution in [2.45, 2.75) is 39.9 Å². The number of aryl methyl sites for hydroxylation is 3. The van der Waals surface area contributed by atoms with Crippen molar-refractivity contribution in [3.8, 4) is 0 Å². The van der Waals surface area contributed by atoms with Gasteiger partial charge in [0.2, 0.25) is 18.2 Å². The number of nitrogens with zero attached hydrogens (tertiary/aromatic N) is 4. The number of likely N-dealkylation sites (tertiary alicyclic amines) is 1. The van der Waals surface area contributed by atoms with Crippen molar-refractivity contribution in [3.05, 3.63) is 59.2 Å². The monoisotopic (exact) mass is 376 g/mol. The zero-order chi connectivity index (χ0) is 19.7. The minimum Gasteiger partial charge on any atom is -0.368 e. The number of benzene rings is 2. The molecule has 0 amide bonds. The van der Waals surface area contributed by atoms with Gasteiger partial charge < -0.3 is 16.0 Å². The summed E-state index contributed by atoms with van der Waals surface area (Å²) >= 11 is 0. The molecule has 4 rings (SSSR count). The van der Waals surface area contributed by atoms with Gasteiger partial charge >= 0.3 is 0 Å². The van der Waals surface area contributed by atoms with Crippen LogP contribution < -0.4 is 16.0 Å². The minimum atomic E-state index is -0.350. The van der Waals surface area contributed by atoms with Gasteiger partial charge in [-0.25, -0.2) is 4.99 Å². The first-order chi connectivity index (χ1) is 13.5. The summed E-state index contributed by atoms with van der Waals surface area (Å²) in [6, 6.07) is 14.9. The summed E-state index contributed by atoms with van der Waals surface area (Å²) in [4.78, 5) is 13.7. The highest BCUT2D eigenvalue weighted by molar-refractivity contribution is 6.06. The van der Waals surface area contributed by atoms with Crippen LogP contribution in [0.25, 0.3) is 0 Å². The zero-order valence-corrected chi connectivity index (χ0v) is 16.8. The summed E-state index contributed by atoms with van der Waals surface area (Å²) in [5.41, 5.74) is 11.9. The van der Waals surface area contributed by atoms with E-state index in [0.717, 1.165) is 30.4 Å². The fourth-order valence-corrected chi connectivity index (χ4v) is 3.88. The number of nitrogens with two attached hydrogens (primary N) is 1. The summed E-state index contributed by atoms with van der Waals surface area (Å²) < 4.78 is 0. The van der Waals surface area contributed by atoms with Gasteiger partial charge in [-0.05, 0) is 69.0 Å². The lowest BCUT2D eigenvalue weighted by Gasteiger charge is -2.38. The van der Waals surface area contributed by atoms with E-state index >= 15 is 0 Å². The maximum absolute atomic E-state index is 6.13. The second-order valence-corrected chi connectivity index (χ2v) is 7.69. The molecule has 6 nitrogen and oxygen atoms in total. The van der Waals surface area contributed by atoms with E-state index in [0.29, 0.717) is 5.96 Å². The number of hydrogen-bond acceptors (Lipinski definition) is 6. The van der Waals surface area contributed by atoms with E-state index in [9.17, 15) is 0 Å². The maximum atomic E-state index is 6.13. The van der Waals surface area contributed by atoms with Gasteiger partial charge in [0.15, 0.2) is 0 Å². The molecular weight excluding hydrogens is 348 g/mol. The lowest BCUT2D eigenvalue weighted by atomic mass is 10.1. The molecule has 1 fully saturated rings. The van der Waals surface area contributed by atoms with Crippen molar-refractivity contribution >= 4 is 23.3 Å². The first-order valence-corrected chi connectivity index (χ1v) is 9.87. The molecule has 1 atom stereocenters. The van der Waals surface area contributed by atoms with E-state index in [1.807, 2.05) is 0 Å². The Hall–Kier alpha value is -3.02. The van der Waals surface area contributed by atoms with Crippen molar-refractivity contribution < 1.29 is 0 Å². The molecule has 0 bridgehead atoms. The van der Waals surface area contributed by atoms with E-state index < -0.39 is 0 Å². The van der Waals surface area contributed by atoms with Crippen molar-refractivity contribution in [1.29, 1.82) is 0 Å². The van der Waals surface area contributed by atoms with Crippen LogP contribution in [0.5, 0.6) is 0 Å². The Morgan fingerprint density at radius 2 is 1.57 bits per heavy atom. The highest BCUT2D eigenvalue weighted by Gasteiger charge is 2.32. The molecule has 2 aromatic carbocycles.